The minimum Gasteiger partial charge on any atom is -0.409 e. The van der Waals surface area contributed by atoms with Crippen LogP contribution < -0.4 is 15.8 Å². The lowest BCUT2D eigenvalue weighted by Gasteiger charge is -2.49. The minimum absolute atomic E-state index is 0.189. The number of nitrogens with two attached hydrogens (primary N) is 1. The monoisotopic (exact) mass is 595 g/mol. The van der Waals surface area contributed by atoms with Gasteiger partial charge in [0.1, 0.15) is 0 Å². The van der Waals surface area contributed by atoms with Gasteiger partial charge in [-0.3, -0.25) is 9.59 Å². The number of nitrogens with one attached hydrogen (secondary N) is 2. The average molecular weight is 597 g/mol. The molecule has 5 atom stereocenters. The summed E-state index contributed by atoms with van der Waals surface area (Å²) in [7, 11) is -3.59. The van der Waals surface area contributed by atoms with E-state index in [1.165, 1.54) is 0 Å². The van der Waals surface area contributed by atoms with E-state index < -0.39 is 46.0 Å². The number of nitrogens with zero attached hydrogens (tertiary/aromatic N) is 2. The fourth-order valence-corrected chi connectivity index (χ4v) is 6.94. The Kier molecular flexibility index (Phi) is 8.75. The predicted molar refractivity (Wildman–Crippen MR) is 150 cm³/mol. The summed E-state index contributed by atoms with van der Waals surface area (Å²) in [6.45, 7) is 1.57. The van der Waals surface area contributed by atoms with Crippen LogP contribution in [0.25, 0.3) is 0 Å². The molecule has 5 N–H and O–H groups in total. The van der Waals surface area contributed by atoms with Gasteiger partial charge in [0.05, 0.1) is 24.3 Å². The first-order chi connectivity index (χ1) is 18.4. The summed E-state index contributed by atoms with van der Waals surface area (Å²) in [5, 5.41) is 15.5. The largest absolute Gasteiger partial charge is 0.409 e. The topological polar surface area (TPSA) is 154 Å². The second-order valence-corrected chi connectivity index (χ2v) is 12.6. The van der Waals surface area contributed by atoms with Crippen LogP contribution in [0.2, 0.25) is 10.0 Å². The molecule has 2 aliphatic rings. The van der Waals surface area contributed by atoms with Crippen LogP contribution in [0.1, 0.15) is 66.1 Å². The second-order valence-electron chi connectivity index (χ2n) is 9.99. The van der Waals surface area contributed by atoms with Crippen LogP contribution in [0.3, 0.4) is 0 Å². The predicted octanol–water partition coefficient (Wildman–Crippen LogP) is 3.39. The highest BCUT2D eigenvalue weighted by atomic mass is 35.5. The van der Waals surface area contributed by atoms with E-state index in [1.54, 1.807) is 54.3 Å². The highest BCUT2D eigenvalue weighted by Crippen LogP contribution is 2.47. The van der Waals surface area contributed by atoms with Crippen molar-refractivity contribution >= 4 is 50.9 Å². The van der Waals surface area contributed by atoms with Gasteiger partial charge in [-0.15, -0.1) is 0 Å². The first-order valence-electron chi connectivity index (χ1n) is 12.5. The van der Waals surface area contributed by atoms with Crippen LogP contribution >= 0.6 is 23.2 Å². The van der Waals surface area contributed by atoms with Crippen molar-refractivity contribution in [2.75, 3.05) is 6.26 Å². The summed E-state index contributed by atoms with van der Waals surface area (Å²) >= 11 is 12.9. The second kappa shape index (κ2) is 11.7. The standard InChI is InChI=1S/C26H31Cl2N5O5S/c1-14(24(29)31-36)30-25(34)22-16-7-3-4-8-17(16)26(35)33(23(22)18-12-11-15(27)13-19(18)28)21-10-6-5-9-20(21)32-39(2,37)38/h3-4,7-8,11-14,20-23,32,36H,5-6,9-10H2,1-2H3,(H2,29,31)(H,30,34)/t14?,20-,21-,22+,23-/m0/s1. The molecular weight excluding hydrogens is 565 g/mol. The molecule has 2 aromatic carbocycles. The Labute approximate surface area is 237 Å². The van der Waals surface area contributed by atoms with E-state index in [-0.39, 0.29) is 16.8 Å². The molecule has 1 aliphatic carbocycles. The Bertz CT molecular complexity index is 1400. The number of carbonyl (C=O) groups is 2. The molecule has 0 aromatic heterocycles. The Balaban J connectivity index is 1.93. The Hall–Kier alpha value is -2.86. The molecular formula is C26H31Cl2N5O5S. The van der Waals surface area contributed by atoms with Crippen molar-refractivity contribution in [3.8, 4) is 0 Å². The van der Waals surface area contributed by atoms with Crippen LogP contribution in [0.15, 0.2) is 47.6 Å². The summed E-state index contributed by atoms with van der Waals surface area (Å²) in [6, 6.07) is 8.86. The van der Waals surface area contributed by atoms with E-state index in [1.807, 2.05) is 0 Å². The molecule has 39 heavy (non-hydrogen) atoms. The average Bonchev–Trinajstić information content (AvgIpc) is 2.88. The Morgan fingerprint density at radius 3 is 2.51 bits per heavy atom. The number of hydrogen-bond acceptors (Lipinski definition) is 6. The van der Waals surface area contributed by atoms with E-state index in [2.05, 4.69) is 15.2 Å². The zero-order valence-corrected chi connectivity index (χ0v) is 23.8. The van der Waals surface area contributed by atoms with Gasteiger partial charge in [0.2, 0.25) is 15.9 Å². The maximum absolute atomic E-state index is 14.2. The van der Waals surface area contributed by atoms with E-state index in [4.69, 9.17) is 34.1 Å². The van der Waals surface area contributed by atoms with Crippen molar-refractivity contribution in [3.05, 3.63) is 69.2 Å². The third-order valence-corrected chi connectivity index (χ3v) is 8.60. The Morgan fingerprint density at radius 1 is 1.15 bits per heavy atom. The molecule has 4 rings (SSSR count). The van der Waals surface area contributed by atoms with Crippen molar-refractivity contribution in [2.45, 2.75) is 62.7 Å². The number of rotatable bonds is 7. The molecule has 0 bridgehead atoms. The lowest BCUT2D eigenvalue weighted by Crippen LogP contribution is -2.59. The first-order valence-corrected chi connectivity index (χ1v) is 15.2. The van der Waals surface area contributed by atoms with Crippen LogP contribution in [0.5, 0.6) is 0 Å². The third kappa shape index (κ3) is 6.16. The number of fused-ring (bicyclic) bond motifs is 1. The number of benzene rings is 2. The lowest BCUT2D eigenvalue weighted by molar-refractivity contribution is -0.124. The number of hydrogen-bond donors (Lipinski definition) is 4. The fraction of sp³-hybridized carbons (Fsp3) is 0.423. The SMILES string of the molecule is CC(NC(=O)[C@@H]1c2ccccc2C(=O)N([C@H]2CCCC[C@@H]2NS(C)(=O)=O)[C@H]1c1ccc(Cl)cc1Cl)/C(N)=N/O. The number of amidine groups is 1. The quantitative estimate of drug-likeness (QED) is 0.166. The van der Waals surface area contributed by atoms with E-state index in [0.717, 1.165) is 19.1 Å². The van der Waals surface area contributed by atoms with Crippen molar-refractivity contribution < 1.29 is 23.2 Å². The molecule has 1 fully saturated rings. The number of carbonyl (C=O) groups excluding carboxylic acids is 2. The number of oxime groups is 1. The normalized spacial score (nSPS) is 24.7. The number of sulfonamides is 1. The molecule has 2 amide bonds. The molecule has 10 nitrogen and oxygen atoms in total. The number of amides is 2. The van der Waals surface area contributed by atoms with Crippen molar-refractivity contribution in [2.24, 2.45) is 10.9 Å². The van der Waals surface area contributed by atoms with Gasteiger partial charge in [0, 0.05) is 27.7 Å². The molecule has 1 unspecified atom stereocenters. The molecule has 13 heteroatoms. The van der Waals surface area contributed by atoms with Gasteiger partial charge in [0.15, 0.2) is 5.84 Å². The summed E-state index contributed by atoms with van der Waals surface area (Å²) in [6.07, 6.45) is 3.70. The van der Waals surface area contributed by atoms with Gasteiger partial charge in [-0.25, -0.2) is 13.1 Å². The molecule has 0 radical (unpaired) electrons. The van der Waals surface area contributed by atoms with Gasteiger partial charge in [-0.1, -0.05) is 65.5 Å². The molecule has 210 valence electrons. The summed E-state index contributed by atoms with van der Waals surface area (Å²) in [4.78, 5) is 29.8. The molecule has 0 saturated heterocycles. The van der Waals surface area contributed by atoms with Gasteiger partial charge in [-0.05, 0) is 49.1 Å². The highest BCUT2D eigenvalue weighted by molar-refractivity contribution is 7.88. The molecule has 1 aliphatic heterocycles. The maximum Gasteiger partial charge on any atom is 0.255 e. The van der Waals surface area contributed by atoms with Gasteiger partial charge < -0.3 is 21.2 Å². The highest BCUT2D eigenvalue weighted by Gasteiger charge is 2.49. The lowest BCUT2D eigenvalue weighted by atomic mass is 9.76. The summed E-state index contributed by atoms with van der Waals surface area (Å²) < 4.78 is 27.3. The zero-order chi connectivity index (χ0) is 28.5. The van der Waals surface area contributed by atoms with Crippen LogP contribution in [0, 0.1) is 0 Å². The summed E-state index contributed by atoms with van der Waals surface area (Å²) in [5.74, 6) is -1.95. The third-order valence-electron chi connectivity index (χ3n) is 7.31. The molecule has 1 heterocycles. The van der Waals surface area contributed by atoms with Gasteiger partial charge >= 0.3 is 0 Å². The van der Waals surface area contributed by atoms with E-state index in [9.17, 15) is 18.0 Å². The van der Waals surface area contributed by atoms with E-state index in [0.29, 0.717) is 34.6 Å². The molecule has 0 spiro atoms. The smallest absolute Gasteiger partial charge is 0.255 e. The van der Waals surface area contributed by atoms with Crippen LogP contribution in [-0.4, -0.2) is 60.6 Å². The van der Waals surface area contributed by atoms with Crippen LogP contribution in [-0.2, 0) is 14.8 Å². The molecule has 1 saturated carbocycles. The minimum atomic E-state index is -3.59. The maximum atomic E-state index is 14.2. The Morgan fingerprint density at radius 2 is 1.85 bits per heavy atom. The summed E-state index contributed by atoms with van der Waals surface area (Å²) in [5.41, 5.74) is 7.05. The van der Waals surface area contributed by atoms with Gasteiger partial charge in [0.25, 0.3) is 5.91 Å². The zero-order valence-electron chi connectivity index (χ0n) is 21.5. The van der Waals surface area contributed by atoms with Gasteiger partial charge in [-0.2, -0.15) is 0 Å². The van der Waals surface area contributed by atoms with E-state index >= 15 is 0 Å². The van der Waals surface area contributed by atoms with Crippen molar-refractivity contribution in [3.63, 3.8) is 0 Å². The number of halogens is 2. The fourth-order valence-electron chi connectivity index (χ4n) is 5.59. The van der Waals surface area contributed by atoms with Crippen LogP contribution in [0.4, 0.5) is 0 Å². The first kappa shape index (κ1) is 29.1. The van der Waals surface area contributed by atoms with Crippen molar-refractivity contribution in [1.82, 2.24) is 14.9 Å². The van der Waals surface area contributed by atoms with Crippen molar-refractivity contribution in [1.29, 1.82) is 0 Å². The molecule has 2 aromatic rings.